The molecule has 0 bridgehead atoms. The minimum atomic E-state index is -1.09. The number of Topliss-reactive ketones (excluding diaryl/α,β-unsaturated/α-hetero) is 1. The second-order valence-electron chi connectivity index (χ2n) is 14.5. The maximum absolute atomic E-state index is 14.6. The van der Waals surface area contributed by atoms with E-state index in [4.69, 9.17) is 24.1 Å². The number of rotatable bonds is 16. The van der Waals surface area contributed by atoms with Crippen LogP contribution >= 0.6 is 0 Å². The van der Waals surface area contributed by atoms with Gasteiger partial charge in [0.15, 0.2) is 18.1 Å². The van der Waals surface area contributed by atoms with Crippen LogP contribution < -0.4 is 14.2 Å². The van der Waals surface area contributed by atoms with Crippen molar-refractivity contribution in [2.75, 3.05) is 27.4 Å². The molecule has 2 aliphatic carbocycles. The van der Waals surface area contributed by atoms with Crippen LogP contribution in [0.15, 0.2) is 42.5 Å². The van der Waals surface area contributed by atoms with Gasteiger partial charge in [0.2, 0.25) is 5.91 Å². The summed E-state index contributed by atoms with van der Waals surface area (Å²) in [5.74, 6) is -0.0501. The SMILES string of the molecule is COc1ccc(CCC(OC(=O)[C@@H]2CCCCN2C(=O)C(CC(=O)C2CCCCC2)C2CCCCC2)c2cccc(OCC(=O)O)c2)cc1OC. The van der Waals surface area contributed by atoms with E-state index >= 15 is 0 Å². The molecular weight excluding hydrogens is 650 g/mol. The average Bonchev–Trinajstić information content (AvgIpc) is 3.17. The molecule has 10 heteroatoms. The number of methoxy groups -OCH3 is 2. The number of piperidine rings is 1. The smallest absolute Gasteiger partial charge is 0.341 e. The molecule has 3 atom stereocenters. The lowest BCUT2D eigenvalue weighted by Gasteiger charge is -2.39. The quantitative estimate of drug-likeness (QED) is 0.177. The summed E-state index contributed by atoms with van der Waals surface area (Å²) in [6.07, 6.45) is 12.9. The van der Waals surface area contributed by atoms with Gasteiger partial charge in [-0.3, -0.25) is 9.59 Å². The maximum Gasteiger partial charge on any atom is 0.341 e. The Bertz CT molecular complexity index is 1480. The first kappa shape index (κ1) is 38.2. The van der Waals surface area contributed by atoms with Crippen molar-refractivity contribution >= 4 is 23.6 Å². The lowest BCUT2D eigenvalue weighted by atomic mass is 9.74. The molecule has 5 rings (SSSR count). The Morgan fingerprint density at radius 2 is 1.53 bits per heavy atom. The zero-order valence-corrected chi connectivity index (χ0v) is 30.3. The predicted octanol–water partition coefficient (Wildman–Crippen LogP) is 7.50. The maximum atomic E-state index is 14.6. The third-order valence-electron chi connectivity index (χ3n) is 11.1. The Labute approximate surface area is 302 Å². The van der Waals surface area contributed by atoms with Crippen molar-refractivity contribution in [1.29, 1.82) is 0 Å². The largest absolute Gasteiger partial charge is 0.493 e. The van der Waals surface area contributed by atoms with Gasteiger partial charge in [0.05, 0.1) is 14.2 Å². The molecule has 0 spiro atoms. The highest BCUT2D eigenvalue weighted by molar-refractivity contribution is 5.91. The Kier molecular flexibility index (Phi) is 14.2. The van der Waals surface area contributed by atoms with Crippen molar-refractivity contribution in [2.24, 2.45) is 17.8 Å². The van der Waals surface area contributed by atoms with Gasteiger partial charge in [0.1, 0.15) is 23.7 Å². The third kappa shape index (κ3) is 10.5. The molecule has 1 amide bonds. The number of aliphatic carboxylic acids is 1. The first-order valence-electron chi connectivity index (χ1n) is 19.0. The molecule has 0 aromatic heterocycles. The molecule has 0 radical (unpaired) electrons. The number of esters is 1. The summed E-state index contributed by atoms with van der Waals surface area (Å²) in [5.41, 5.74) is 1.62. The third-order valence-corrected chi connectivity index (χ3v) is 11.1. The summed E-state index contributed by atoms with van der Waals surface area (Å²) >= 11 is 0. The van der Waals surface area contributed by atoms with E-state index in [-0.39, 0.29) is 29.9 Å². The highest BCUT2D eigenvalue weighted by atomic mass is 16.5. The summed E-state index contributed by atoms with van der Waals surface area (Å²) in [6.45, 7) is -0.0294. The number of carbonyl (C=O) groups excluding carboxylic acids is 3. The van der Waals surface area contributed by atoms with E-state index in [0.29, 0.717) is 48.6 Å². The van der Waals surface area contributed by atoms with Crippen molar-refractivity contribution < 1.29 is 43.2 Å². The van der Waals surface area contributed by atoms with Crippen molar-refractivity contribution in [3.8, 4) is 17.2 Å². The number of amides is 1. The number of aryl methyl sites for hydroxylation is 1. The number of carbonyl (C=O) groups is 4. The molecule has 278 valence electrons. The minimum Gasteiger partial charge on any atom is -0.493 e. The number of carboxylic acid groups (broad SMARTS) is 1. The molecule has 10 nitrogen and oxygen atoms in total. The molecule has 1 aliphatic heterocycles. The van der Waals surface area contributed by atoms with E-state index < -0.39 is 36.6 Å². The molecular formula is C41H55NO9. The molecule has 1 heterocycles. The fourth-order valence-corrected chi connectivity index (χ4v) is 8.25. The van der Waals surface area contributed by atoms with Gasteiger partial charge in [-0.1, -0.05) is 56.7 Å². The molecule has 1 N–H and O–H groups in total. The van der Waals surface area contributed by atoms with Crippen LogP contribution in [0.2, 0.25) is 0 Å². The molecule has 2 unspecified atom stereocenters. The summed E-state index contributed by atoms with van der Waals surface area (Å²) in [7, 11) is 3.16. The predicted molar refractivity (Wildman–Crippen MR) is 192 cm³/mol. The van der Waals surface area contributed by atoms with E-state index in [2.05, 4.69) is 0 Å². The molecule has 3 aliphatic rings. The number of nitrogens with zero attached hydrogens (tertiary/aromatic N) is 1. The number of hydrogen-bond acceptors (Lipinski definition) is 8. The molecule has 51 heavy (non-hydrogen) atoms. The topological polar surface area (TPSA) is 129 Å². The minimum absolute atomic E-state index is 0.0430. The van der Waals surface area contributed by atoms with Crippen LogP contribution in [0.1, 0.15) is 114 Å². The van der Waals surface area contributed by atoms with Gasteiger partial charge >= 0.3 is 11.9 Å². The van der Waals surface area contributed by atoms with Crippen molar-refractivity contribution in [1.82, 2.24) is 4.90 Å². The van der Waals surface area contributed by atoms with Gasteiger partial charge < -0.3 is 29.0 Å². The molecule has 3 fully saturated rings. The number of ether oxygens (including phenoxy) is 4. The van der Waals surface area contributed by atoms with Crippen molar-refractivity contribution in [3.63, 3.8) is 0 Å². The second kappa shape index (κ2) is 19.0. The van der Waals surface area contributed by atoms with Gasteiger partial charge in [-0.05, 0) is 99.1 Å². The second-order valence-corrected chi connectivity index (χ2v) is 14.5. The average molecular weight is 706 g/mol. The molecule has 2 aromatic rings. The monoisotopic (exact) mass is 705 g/mol. The van der Waals surface area contributed by atoms with Crippen LogP contribution in [-0.2, 0) is 30.3 Å². The van der Waals surface area contributed by atoms with E-state index in [1.54, 1.807) is 37.3 Å². The van der Waals surface area contributed by atoms with E-state index in [9.17, 15) is 19.2 Å². The van der Waals surface area contributed by atoms with Gasteiger partial charge in [-0.2, -0.15) is 0 Å². The number of likely N-dealkylation sites (tertiary alicyclic amines) is 1. The number of hydrogen-bond donors (Lipinski definition) is 1. The van der Waals surface area contributed by atoms with Crippen molar-refractivity contribution in [2.45, 2.75) is 115 Å². The van der Waals surface area contributed by atoms with Crippen LogP contribution in [0.4, 0.5) is 0 Å². The zero-order valence-electron chi connectivity index (χ0n) is 30.3. The van der Waals surface area contributed by atoms with Gasteiger partial charge in [0.25, 0.3) is 0 Å². The first-order chi connectivity index (χ1) is 24.8. The lowest BCUT2D eigenvalue weighted by Crippen LogP contribution is -2.52. The summed E-state index contributed by atoms with van der Waals surface area (Å²) < 4.78 is 22.7. The lowest BCUT2D eigenvalue weighted by molar-refractivity contribution is -0.164. The fourth-order valence-electron chi connectivity index (χ4n) is 8.25. The molecule has 2 aromatic carbocycles. The van der Waals surface area contributed by atoms with Gasteiger partial charge in [-0.25, -0.2) is 9.59 Å². The standard InChI is InChI=1S/C41H55NO9/c1-48-37-22-20-28(24-38(37)49-2)19-21-36(31-16-11-17-32(25-31)50-27-39(44)45)51-41(47)34-18-9-10-23-42(34)40(46)33(29-12-5-3-6-13-29)26-35(43)30-14-7-4-8-15-30/h11,16-17,20,22,24-25,29-30,33-34,36H,3-10,12-15,18-19,21,23,26-27H2,1-2H3,(H,44,45)/t33?,34-,36?/m0/s1. The number of carboxylic acids is 1. The van der Waals surface area contributed by atoms with Crippen LogP contribution in [0.5, 0.6) is 17.2 Å². The highest BCUT2D eigenvalue weighted by Crippen LogP contribution is 2.38. The van der Waals surface area contributed by atoms with Gasteiger partial charge in [-0.15, -0.1) is 0 Å². The highest BCUT2D eigenvalue weighted by Gasteiger charge is 2.41. The number of benzene rings is 2. The van der Waals surface area contributed by atoms with Crippen LogP contribution in [0, 0.1) is 17.8 Å². The Morgan fingerprint density at radius 1 is 0.824 bits per heavy atom. The van der Waals surface area contributed by atoms with Crippen LogP contribution in [0.3, 0.4) is 0 Å². The van der Waals surface area contributed by atoms with E-state index in [0.717, 1.165) is 76.2 Å². The van der Waals surface area contributed by atoms with Crippen LogP contribution in [0.25, 0.3) is 0 Å². The Hall–Kier alpha value is -4.08. The number of ketones is 1. The van der Waals surface area contributed by atoms with Crippen molar-refractivity contribution in [3.05, 3.63) is 53.6 Å². The zero-order chi connectivity index (χ0) is 36.2. The fraction of sp³-hybridized carbons (Fsp3) is 0.610. The molecule has 1 saturated heterocycles. The molecule has 2 saturated carbocycles. The first-order valence-corrected chi connectivity index (χ1v) is 19.0. The summed E-state index contributed by atoms with van der Waals surface area (Å²) in [5, 5.41) is 9.15. The normalized spacial score (nSPS) is 19.8. The summed E-state index contributed by atoms with van der Waals surface area (Å²) in [4.78, 5) is 55.3. The van der Waals surface area contributed by atoms with E-state index in [1.807, 2.05) is 24.3 Å². The Balaban J connectivity index is 1.36. The van der Waals surface area contributed by atoms with Gasteiger partial charge in [0, 0.05) is 24.8 Å². The summed E-state index contributed by atoms with van der Waals surface area (Å²) in [6, 6.07) is 11.9. The van der Waals surface area contributed by atoms with Crippen LogP contribution in [-0.4, -0.2) is 67.0 Å². The van der Waals surface area contributed by atoms with E-state index in [1.165, 1.54) is 6.42 Å². The Morgan fingerprint density at radius 3 is 2.24 bits per heavy atom.